The minimum absolute atomic E-state index is 0.116. The van der Waals surface area contributed by atoms with Gasteiger partial charge in [-0.1, -0.05) is 0 Å². The Kier molecular flexibility index (Phi) is 8.76. The SMILES string of the molecule is CCCCC(C)(c1c(C(C)(C)C)cc(C(C)(C)C)cc1C(C)(C)C)P(O)(O)(O)CC(O)CO. The van der Waals surface area contributed by atoms with Gasteiger partial charge in [-0.25, -0.2) is 0 Å². The van der Waals surface area contributed by atoms with Crippen LogP contribution in [0.3, 0.4) is 0 Å². The van der Waals surface area contributed by atoms with E-state index in [2.05, 4.69) is 74.4 Å². The number of rotatable bonds is 8. The van der Waals surface area contributed by atoms with Gasteiger partial charge in [0.15, 0.2) is 0 Å². The molecular formula is C27H51O5P. The number of unbranched alkanes of at least 4 members (excludes halogenated alkanes) is 1. The number of aliphatic hydroxyl groups is 2. The molecule has 1 aromatic rings. The third kappa shape index (κ3) is 6.57. The number of hydrogen-bond donors (Lipinski definition) is 5. The predicted molar refractivity (Wildman–Crippen MR) is 141 cm³/mol. The molecule has 0 aliphatic heterocycles. The van der Waals surface area contributed by atoms with E-state index in [4.69, 9.17) is 0 Å². The summed E-state index contributed by atoms with van der Waals surface area (Å²) in [6, 6.07) is 4.31. The molecule has 194 valence electrons. The normalized spacial score (nSPS) is 17.9. The van der Waals surface area contributed by atoms with E-state index in [9.17, 15) is 24.9 Å². The number of benzene rings is 1. The molecule has 5 N–H and O–H groups in total. The van der Waals surface area contributed by atoms with Crippen LogP contribution in [0.15, 0.2) is 12.1 Å². The average Bonchev–Trinajstić information content (AvgIpc) is 2.61. The van der Waals surface area contributed by atoms with Gasteiger partial charge in [-0.15, -0.1) is 0 Å². The molecule has 2 unspecified atom stereocenters. The zero-order valence-corrected chi connectivity index (χ0v) is 23.8. The molecule has 0 spiro atoms. The molecule has 0 aromatic heterocycles. The first-order valence-electron chi connectivity index (χ1n) is 12.2. The van der Waals surface area contributed by atoms with Gasteiger partial charge >= 0.3 is 202 Å². The number of hydrogen-bond acceptors (Lipinski definition) is 5. The van der Waals surface area contributed by atoms with E-state index in [0.717, 1.165) is 28.7 Å². The zero-order valence-electron chi connectivity index (χ0n) is 23.0. The summed E-state index contributed by atoms with van der Waals surface area (Å²) in [5.74, 6) is 0. The molecule has 1 aromatic carbocycles. The van der Waals surface area contributed by atoms with Crippen LogP contribution in [0.25, 0.3) is 0 Å². The molecule has 0 aliphatic carbocycles. The maximum absolute atomic E-state index is 11.7. The van der Waals surface area contributed by atoms with E-state index in [0.29, 0.717) is 12.8 Å². The van der Waals surface area contributed by atoms with Crippen LogP contribution in [-0.2, 0) is 21.4 Å². The Morgan fingerprint density at radius 2 is 1.21 bits per heavy atom. The predicted octanol–water partition coefficient (Wildman–Crippen LogP) is 5.61. The Balaban J connectivity index is 4.29. The van der Waals surface area contributed by atoms with Gasteiger partial charge < -0.3 is 0 Å². The third-order valence-corrected chi connectivity index (χ3v) is 10.5. The van der Waals surface area contributed by atoms with Gasteiger partial charge in [0, 0.05) is 0 Å². The van der Waals surface area contributed by atoms with Gasteiger partial charge in [0.05, 0.1) is 0 Å². The maximum atomic E-state index is 11.7. The molecule has 6 heteroatoms. The van der Waals surface area contributed by atoms with Crippen molar-refractivity contribution < 1.29 is 24.9 Å². The van der Waals surface area contributed by atoms with Crippen molar-refractivity contribution in [1.82, 2.24) is 0 Å². The van der Waals surface area contributed by atoms with Gasteiger partial charge in [-0.2, -0.15) is 0 Å². The quantitative estimate of drug-likeness (QED) is 0.307. The van der Waals surface area contributed by atoms with Crippen LogP contribution < -0.4 is 0 Å². The molecular weight excluding hydrogens is 435 g/mol. The van der Waals surface area contributed by atoms with Crippen LogP contribution in [0, 0.1) is 0 Å². The minimum atomic E-state index is -5.52. The Bertz CT molecular complexity index is 783. The van der Waals surface area contributed by atoms with Crippen molar-refractivity contribution in [3.63, 3.8) is 0 Å². The monoisotopic (exact) mass is 486 g/mol. The van der Waals surface area contributed by atoms with Crippen LogP contribution in [0.5, 0.6) is 0 Å². The van der Waals surface area contributed by atoms with Crippen LogP contribution in [0.2, 0.25) is 0 Å². The van der Waals surface area contributed by atoms with Crippen LogP contribution in [-0.4, -0.2) is 43.8 Å². The molecule has 2 atom stereocenters. The summed E-state index contributed by atoms with van der Waals surface area (Å²) >= 11 is 0. The molecule has 0 aliphatic rings. The fraction of sp³-hybridized carbons (Fsp3) is 0.778. The third-order valence-electron chi connectivity index (χ3n) is 6.94. The molecule has 33 heavy (non-hydrogen) atoms. The fourth-order valence-corrected chi connectivity index (χ4v) is 7.20. The first kappa shape index (κ1) is 30.5. The van der Waals surface area contributed by atoms with Crippen LogP contribution in [0.1, 0.15) is 118 Å². The van der Waals surface area contributed by atoms with Crippen LogP contribution in [0.4, 0.5) is 0 Å². The summed E-state index contributed by atoms with van der Waals surface area (Å²) in [5.41, 5.74) is 3.08. The van der Waals surface area contributed by atoms with Crippen molar-refractivity contribution in [2.75, 3.05) is 12.8 Å². The van der Waals surface area contributed by atoms with Crippen molar-refractivity contribution in [3.05, 3.63) is 34.4 Å². The first-order valence-corrected chi connectivity index (χ1v) is 14.5. The molecule has 0 amide bonds. The average molecular weight is 487 g/mol. The van der Waals surface area contributed by atoms with E-state index in [1.807, 2.05) is 6.92 Å². The van der Waals surface area contributed by atoms with Gasteiger partial charge in [0.2, 0.25) is 0 Å². The summed E-state index contributed by atoms with van der Waals surface area (Å²) in [5, 5.41) is 18.3. The molecule has 0 saturated carbocycles. The second-order valence-electron chi connectivity index (χ2n) is 13.2. The second-order valence-corrected chi connectivity index (χ2v) is 16.9. The molecule has 0 saturated heterocycles. The van der Waals surface area contributed by atoms with E-state index in [1.54, 1.807) is 6.92 Å². The van der Waals surface area contributed by atoms with E-state index in [1.165, 1.54) is 0 Å². The Labute approximate surface area is 202 Å². The first-order chi connectivity index (χ1) is 14.5. The summed E-state index contributed by atoms with van der Waals surface area (Å²) in [6.07, 6.45) is -0.228. The zero-order chi connectivity index (χ0) is 26.3. The van der Waals surface area contributed by atoms with Crippen molar-refractivity contribution >= 4 is 7.28 Å². The van der Waals surface area contributed by atoms with Gasteiger partial charge in [0.1, 0.15) is 0 Å². The van der Waals surface area contributed by atoms with Crippen molar-refractivity contribution in [3.8, 4) is 0 Å². The molecule has 1 rings (SSSR count). The second kappa shape index (κ2) is 9.48. The molecule has 5 nitrogen and oxygen atoms in total. The number of aliphatic hydroxyl groups excluding tert-OH is 2. The van der Waals surface area contributed by atoms with E-state index >= 15 is 0 Å². The molecule has 0 heterocycles. The van der Waals surface area contributed by atoms with E-state index < -0.39 is 31.3 Å². The Hall–Kier alpha value is -0.550. The summed E-state index contributed by atoms with van der Waals surface area (Å²) in [6.45, 7) is 22.3. The molecule has 0 bridgehead atoms. The topological polar surface area (TPSA) is 101 Å². The Morgan fingerprint density at radius 3 is 1.52 bits per heavy atom. The van der Waals surface area contributed by atoms with Crippen molar-refractivity contribution in [2.45, 2.75) is 123 Å². The van der Waals surface area contributed by atoms with E-state index in [-0.39, 0.29) is 16.2 Å². The molecule has 0 fully saturated rings. The summed E-state index contributed by atoms with van der Waals surface area (Å²) in [4.78, 5) is 35.0. The molecule has 0 radical (unpaired) electrons. The summed E-state index contributed by atoms with van der Waals surface area (Å²) < 4.78 is 0. The van der Waals surface area contributed by atoms with Crippen molar-refractivity contribution in [2.24, 2.45) is 0 Å². The standard InChI is InChI=1S/C27H51O5P/c1-12-13-14-27(11,33(30,31,32)18-20(29)17-28)23-21(25(5,6)7)15-19(24(2,3)4)16-22(23)26(8,9)10/h15-16,20,28-32H,12-14,17-18H2,1-11H3. The Morgan fingerprint density at radius 1 is 0.788 bits per heavy atom. The van der Waals surface area contributed by atoms with Gasteiger partial charge in [-0.3, -0.25) is 0 Å². The van der Waals surface area contributed by atoms with Crippen LogP contribution >= 0.6 is 7.28 Å². The fourth-order valence-electron chi connectivity index (χ4n) is 4.59. The van der Waals surface area contributed by atoms with Crippen molar-refractivity contribution in [1.29, 1.82) is 0 Å². The summed E-state index contributed by atoms with van der Waals surface area (Å²) in [7, 11) is -5.52. The van der Waals surface area contributed by atoms with Gasteiger partial charge in [0.25, 0.3) is 0 Å². The van der Waals surface area contributed by atoms with Gasteiger partial charge in [-0.05, 0) is 0 Å².